The number of hydrogen-bond acceptors (Lipinski definition) is 4. The lowest BCUT2D eigenvalue weighted by Crippen LogP contribution is -2.29. The van der Waals surface area contributed by atoms with Gasteiger partial charge in [-0.3, -0.25) is 9.59 Å². The number of benzene rings is 3. The van der Waals surface area contributed by atoms with E-state index in [9.17, 15) is 14.0 Å². The molecule has 1 unspecified atom stereocenters. The Labute approximate surface area is 196 Å². The second kappa shape index (κ2) is 8.45. The van der Waals surface area contributed by atoms with Crippen LogP contribution >= 0.6 is 0 Å². The van der Waals surface area contributed by atoms with Gasteiger partial charge in [-0.15, -0.1) is 0 Å². The van der Waals surface area contributed by atoms with Gasteiger partial charge in [0.15, 0.2) is 5.43 Å². The molecule has 0 saturated carbocycles. The Bertz CT molecular complexity index is 1460. The molecular weight excluding hydrogens is 433 g/mol. The highest BCUT2D eigenvalue weighted by Gasteiger charge is 2.42. The summed E-state index contributed by atoms with van der Waals surface area (Å²) in [6.45, 7) is 6.44. The lowest BCUT2D eigenvalue weighted by molar-refractivity contribution is 0.0714. The van der Waals surface area contributed by atoms with E-state index in [1.165, 1.54) is 12.1 Å². The van der Waals surface area contributed by atoms with Crippen molar-refractivity contribution in [3.8, 4) is 5.75 Å². The summed E-state index contributed by atoms with van der Waals surface area (Å²) in [5, 5.41) is 0.483. The minimum Gasteiger partial charge on any atom is -0.494 e. The molecule has 1 aliphatic rings. The zero-order chi connectivity index (χ0) is 24.0. The van der Waals surface area contributed by atoms with Crippen molar-refractivity contribution in [1.29, 1.82) is 0 Å². The van der Waals surface area contributed by atoms with Crippen LogP contribution in [0.25, 0.3) is 11.0 Å². The van der Waals surface area contributed by atoms with E-state index in [1.807, 2.05) is 51.1 Å². The molecule has 0 spiro atoms. The minimum atomic E-state index is -0.635. The number of carbonyl (C=O) groups excluding carboxylic acids is 1. The molecule has 172 valence electrons. The standard InChI is InChI=1S/C28H24FNO4/c1-4-33-21-11-7-19(8-12-21)25-24-26(31)23-17(3)13-16(2)14-22(23)34-27(24)28(32)30(25)15-18-5-9-20(29)10-6-18/h5-14,25H,4,15H2,1-3H3. The van der Waals surface area contributed by atoms with Crippen LogP contribution in [0.2, 0.25) is 0 Å². The number of carbonyl (C=O) groups is 1. The van der Waals surface area contributed by atoms with Gasteiger partial charge < -0.3 is 14.1 Å². The Balaban J connectivity index is 1.70. The van der Waals surface area contributed by atoms with Crippen LogP contribution in [-0.2, 0) is 6.54 Å². The summed E-state index contributed by atoms with van der Waals surface area (Å²) in [5.41, 5.74) is 3.81. The third-order valence-corrected chi connectivity index (χ3v) is 6.19. The fraction of sp³-hybridized carbons (Fsp3) is 0.214. The van der Waals surface area contributed by atoms with E-state index in [0.29, 0.717) is 28.9 Å². The van der Waals surface area contributed by atoms with Crippen molar-refractivity contribution < 1.29 is 18.3 Å². The van der Waals surface area contributed by atoms with Gasteiger partial charge in [-0.1, -0.05) is 30.3 Å². The zero-order valence-electron chi connectivity index (χ0n) is 19.2. The van der Waals surface area contributed by atoms with Crippen LogP contribution in [0.3, 0.4) is 0 Å². The Kier molecular flexibility index (Phi) is 5.44. The smallest absolute Gasteiger partial charge is 0.291 e. The number of aryl methyl sites for hydroxylation is 2. The van der Waals surface area contributed by atoms with Gasteiger partial charge in [-0.05, 0) is 73.4 Å². The average molecular weight is 458 g/mol. The predicted octanol–water partition coefficient (Wildman–Crippen LogP) is 5.69. The van der Waals surface area contributed by atoms with Crippen LogP contribution in [0, 0.1) is 19.7 Å². The quantitative estimate of drug-likeness (QED) is 0.386. The first-order chi connectivity index (χ1) is 16.4. The van der Waals surface area contributed by atoms with E-state index in [2.05, 4.69) is 0 Å². The molecule has 0 fully saturated rings. The van der Waals surface area contributed by atoms with Crippen LogP contribution in [0.1, 0.15) is 51.3 Å². The molecule has 0 bridgehead atoms. The van der Waals surface area contributed by atoms with Crippen molar-refractivity contribution in [3.63, 3.8) is 0 Å². The van der Waals surface area contributed by atoms with Gasteiger partial charge in [-0.2, -0.15) is 0 Å². The Morgan fingerprint density at radius 2 is 1.71 bits per heavy atom. The van der Waals surface area contributed by atoms with Gasteiger partial charge in [-0.25, -0.2) is 4.39 Å². The summed E-state index contributed by atoms with van der Waals surface area (Å²) < 4.78 is 25.1. The summed E-state index contributed by atoms with van der Waals surface area (Å²) in [6, 6.07) is 16.5. The molecule has 5 rings (SSSR count). The largest absolute Gasteiger partial charge is 0.494 e. The molecule has 4 aromatic rings. The Hall–Kier alpha value is -3.93. The molecule has 1 aromatic heterocycles. The summed E-state index contributed by atoms with van der Waals surface area (Å²) in [6.07, 6.45) is 0. The van der Waals surface area contributed by atoms with Crippen LogP contribution in [0.5, 0.6) is 5.75 Å². The number of fused-ring (bicyclic) bond motifs is 2. The molecule has 5 nitrogen and oxygen atoms in total. The van der Waals surface area contributed by atoms with E-state index in [-0.39, 0.29) is 29.5 Å². The normalized spacial score (nSPS) is 15.1. The first-order valence-corrected chi connectivity index (χ1v) is 11.2. The number of nitrogens with zero attached hydrogens (tertiary/aromatic N) is 1. The fourth-order valence-electron chi connectivity index (χ4n) is 4.72. The van der Waals surface area contributed by atoms with E-state index in [4.69, 9.17) is 9.15 Å². The molecule has 6 heteroatoms. The van der Waals surface area contributed by atoms with Crippen molar-refractivity contribution >= 4 is 16.9 Å². The number of amides is 1. The maximum absolute atomic E-state index is 13.8. The molecule has 3 aromatic carbocycles. The predicted molar refractivity (Wildman–Crippen MR) is 128 cm³/mol. The molecule has 2 heterocycles. The molecule has 0 N–H and O–H groups in total. The zero-order valence-corrected chi connectivity index (χ0v) is 19.2. The van der Waals surface area contributed by atoms with Gasteiger partial charge >= 0.3 is 0 Å². The molecule has 0 saturated heterocycles. The van der Waals surface area contributed by atoms with Crippen LogP contribution in [-0.4, -0.2) is 17.4 Å². The van der Waals surface area contributed by atoms with Gasteiger partial charge in [0, 0.05) is 6.54 Å². The SMILES string of the molecule is CCOc1ccc(C2c3c(oc4cc(C)cc(C)c4c3=O)C(=O)N2Cc2ccc(F)cc2)cc1. The average Bonchev–Trinajstić information content (AvgIpc) is 3.07. The first kappa shape index (κ1) is 21.9. The molecule has 34 heavy (non-hydrogen) atoms. The minimum absolute atomic E-state index is 0.0588. The lowest BCUT2D eigenvalue weighted by Gasteiger charge is -2.25. The summed E-state index contributed by atoms with van der Waals surface area (Å²) >= 11 is 0. The fourth-order valence-corrected chi connectivity index (χ4v) is 4.72. The Morgan fingerprint density at radius 3 is 2.38 bits per heavy atom. The van der Waals surface area contributed by atoms with Crippen molar-refractivity contribution in [3.05, 3.63) is 110 Å². The molecule has 1 amide bonds. The van der Waals surface area contributed by atoms with E-state index >= 15 is 0 Å². The second-order valence-electron chi connectivity index (χ2n) is 8.59. The summed E-state index contributed by atoms with van der Waals surface area (Å²) in [7, 11) is 0. The topological polar surface area (TPSA) is 59.8 Å². The molecular formula is C28H24FNO4. The van der Waals surface area contributed by atoms with Crippen LogP contribution in [0.15, 0.2) is 69.9 Å². The van der Waals surface area contributed by atoms with Crippen molar-refractivity contribution in [2.45, 2.75) is 33.4 Å². The van der Waals surface area contributed by atoms with Crippen LogP contribution in [0.4, 0.5) is 4.39 Å². The lowest BCUT2D eigenvalue weighted by atomic mass is 9.96. The summed E-state index contributed by atoms with van der Waals surface area (Å²) in [5.74, 6) is 0.0504. The second-order valence-corrected chi connectivity index (χ2v) is 8.59. The third-order valence-electron chi connectivity index (χ3n) is 6.19. The highest BCUT2D eigenvalue weighted by molar-refractivity contribution is 5.99. The maximum atomic E-state index is 13.8. The molecule has 0 aliphatic carbocycles. The Morgan fingerprint density at radius 1 is 1.00 bits per heavy atom. The first-order valence-electron chi connectivity index (χ1n) is 11.2. The number of hydrogen-bond donors (Lipinski definition) is 0. The van der Waals surface area contributed by atoms with Crippen molar-refractivity contribution in [2.24, 2.45) is 0 Å². The highest BCUT2D eigenvalue weighted by Crippen LogP contribution is 2.40. The van der Waals surface area contributed by atoms with E-state index in [0.717, 1.165) is 22.3 Å². The summed E-state index contributed by atoms with van der Waals surface area (Å²) in [4.78, 5) is 29.0. The monoisotopic (exact) mass is 457 g/mol. The van der Waals surface area contributed by atoms with Crippen molar-refractivity contribution in [1.82, 2.24) is 4.90 Å². The third kappa shape index (κ3) is 3.65. The van der Waals surface area contributed by atoms with Gasteiger partial charge in [0.2, 0.25) is 5.76 Å². The van der Waals surface area contributed by atoms with Crippen LogP contribution < -0.4 is 10.2 Å². The number of ether oxygens (including phenoxy) is 1. The van der Waals surface area contributed by atoms with Gasteiger partial charge in [0.25, 0.3) is 5.91 Å². The number of halogens is 1. The van der Waals surface area contributed by atoms with Crippen molar-refractivity contribution in [2.75, 3.05) is 6.61 Å². The maximum Gasteiger partial charge on any atom is 0.291 e. The van der Waals surface area contributed by atoms with E-state index < -0.39 is 6.04 Å². The molecule has 1 atom stereocenters. The van der Waals surface area contributed by atoms with E-state index in [1.54, 1.807) is 23.1 Å². The number of rotatable bonds is 5. The molecule has 0 radical (unpaired) electrons. The van der Waals surface area contributed by atoms with Gasteiger partial charge in [0.05, 0.1) is 23.6 Å². The van der Waals surface area contributed by atoms with Gasteiger partial charge in [0.1, 0.15) is 17.1 Å². The highest BCUT2D eigenvalue weighted by atomic mass is 19.1. The molecule has 1 aliphatic heterocycles.